The van der Waals surface area contributed by atoms with Crippen molar-refractivity contribution in [2.24, 2.45) is 0 Å². The van der Waals surface area contributed by atoms with E-state index in [4.69, 9.17) is 0 Å². The van der Waals surface area contributed by atoms with Crippen LogP contribution in [-0.2, 0) is 16.0 Å². The smallest absolute Gasteiger partial charge is 0.253 e. The molecule has 2 heterocycles. The normalized spacial score (nSPS) is 15.1. The van der Waals surface area contributed by atoms with Gasteiger partial charge in [-0.3, -0.25) is 19.4 Å². The van der Waals surface area contributed by atoms with Gasteiger partial charge in [0.05, 0.1) is 5.56 Å². The number of nitrogens with one attached hydrogen (secondary N) is 1. The largest absolute Gasteiger partial charge is 0.342 e. The lowest BCUT2D eigenvalue weighted by Gasteiger charge is -2.35. The van der Waals surface area contributed by atoms with E-state index in [1.807, 2.05) is 30.3 Å². The molecule has 3 rings (SSSR count). The fraction of sp³-hybridized carbons (Fsp3) is 0.300. The molecule has 1 saturated heterocycles. The molecular formula is C20H22N4O3. The first-order valence-electron chi connectivity index (χ1n) is 8.90. The number of benzene rings is 1. The zero-order valence-corrected chi connectivity index (χ0v) is 15.0. The molecule has 1 fully saturated rings. The average Bonchev–Trinajstić information content (AvgIpc) is 2.74. The standard InChI is InChI=1S/C20H22N4O3/c25-15-23-9-11-24(12-10-23)20(27)18(13-16-5-2-1-3-6-16)22-19(26)17-7-4-8-21-14-17/h1-8,14-15,18H,9-13H2,(H,22,26). The van der Waals surface area contributed by atoms with Gasteiger partial charge in [0.25, 0.3) is 5.91 Å². The molecule has 3 amide bonds. The lowest BCUT2D eigenvalue weighted by molar-refractivity contribution is -0.136. The highest BCUT2D eigenvalue weighted by atomic mass is 16.2. The Morgan fingerprint density at radius 1 is 1.07 bits per heavy atom. The van der Waals surface area contributed by atoms with Crippen LogP contribution in [0.25, 0.3) is 0 Å². The second-order valence-electron chi connectivity index (χ2n) is 6.42. The Bertz CT molecular complexity index is 774. The number of hydrogen-bond acceptors (Lipinski definition) is 4. The maximum atomic E-state index is 13.1. The third kappa shape index (κ3) is 4.91. The molecule has 1 aromatic heterocycles. The summed E-state index contributed by atoms with van der Waals surface area (Å²) in [5.74, 6) is -0.467. The second-order valence-corrected chi connectivity index (χ2v) is 6.42. The van der Waals surface area contributed by atoms with Gasteiger partial charge >= 0.3 is 0 Å². The van der Waals surface area contributed by atoms with E-state index in [9.17, 15) is 14.4 Å². The van der Waals surface area contributed by atoms with E-state index in [0.717, 1.165) is 12.0 Å². The summed E-state index contributed by atoms with van der Waals surface area (Å²) in [6.07, 6.45) is 4.27. The molecule has 1 unspecified atom stereocenters. The molecule has 140 valence electrons. The summed E-state index contributed by atoms with van der Waals surface area (Å²) in [4.78, 5) is 43.8. The Kier molecular flexibility index (Phi) is 6.14. The Morgan fingerprint density at radius 2 is 1.81 bits per heavy atom. The Morgan fingerprint density at radius 3 is 2.44 bits per heavy atom. The predicted molar refractivity (Wildman–Crippen MR) is 99.9 cm³/mol. The van der Waals surface area contributed by atoms with Gasteiger partial charge in [-0.25, -0.2) is 0 Å². The molecule has 2 aromatic rings. The molecule has 7 nitrogen and oxygen atoms in total. The van der Waals surface area contributed by atoms with Crippen LogP contribution >= 0.6 is 0 Å². The molecule has 7 heteroatoms. The first kappa shape index (κ1) is 18.6. The minimum Gasteiger partial charge on any atom is -0.342 e. The van der Waals surface area contributed by atoms with Crippen molar-refractivity contribution >= 4 is 18.2 Å². The maximum Gasteiger partial charge on any atom is 0.253 e. The molecular weight excluding hydrogens is 344 g/mol. The molecule has 0 bridgehead atoms. The molecule has 1 atom stereocenters. The minimum absolute atomic E-state index is 0.137. The summed E-state index contributed by atoms with van der Waals surface area (Å²) in [7, 11) is 0. The third-order valence-electron chi connectivity index (χ3n) is 4.58. The highest BCUT2D eigenvalue weighted by Crippen LogP contribution is 2.10. The van der Waals surface area contributed by atoms with Crippen molar-refractivity contribution in [1.82, 2.24) is 20.1 Å². The van der Waals surface area contributed by atoms with Crippen molar-refractivity contribution in [3.8, 4) is 0 Å². The summed E-state index contributed by atoms with van der Waals surface area (Å²) in [6.45, 7) is 1.94. The van der Waals surface area contributed by atoms with E-state index >= 15 is 0 Å². The first-order valence-corrected chi connectivity index (χ1v) is 8.90. The van der Waals surface area contributed by atoms with Crippen molar-refractivity contribution in [2.75, 3.05) is 26.2 Å². The summed E-state index contributed by atoms with van der Waals surface area (Å²) >= 11 is 0. The summed E-state index contributed by atoms with van der Waals surface area (Å²) < 4.78 is 0. The number of carbonyl (C=O) groups excluding carboxylic acids is 3. The monoisotopic (exact) mass is 366 g/mol. The zero-order chi connectivity index (χ0) is 19.1. The quantitative estimate of drug-likeness (QED) is 0.764. The number of pyridine rings is 1. The van der Waals surface area contributed by atoms with Gasteiger partial charge in [0.15, 0.2) is 0 Å². The van der Waals surface area contributed by atoms with Crippen LogP contribution in [0.5, 0.6) is 0 Å². The summed E-state index contributed by atoms with van der Waals surface area (Å²) in [5, 5.41) is 2.85. The number of piperazine rings is 1. The van der Waals surface area contributed by atoms with Gasteiger partial charge in [0, 0.05) is 45.0 Å². The number of carbonyl (C=O) groups is 3. The average molecular weight is 366 g/mol. The van der Waals surface area contributed by atoms with Crippen LogP contribution in [0, 0.1) is 0 Å². The second kappa shape index (κ2) is 8.93. The molecule has 1 aromatic carbocycles. The number of amides is 3. The maximum absolute atomic E-state index is 13.1. The van der Waals surface area contributed by atoms with Crippen molar-refractivity contribution in [2.45, 2.75) is 12.5 Å². The topological polar surface area (TPSA) is 82.6 Å². The van der Waals surface area contributed by atoms with Gasteiger partial charge in [-0.05, 0) is 17.7 Å². The molecule has 0 spiro atoms. The molecule has 1 aliphatic heterocycles. The van der Waals surface area contributed by atoms with Gasteiger partial charge in [-0.1, -0.05) is 30.3 Å². The minimum atomic E-state index is -0.678. The van der Waals surface area contributed by atoms with Crippen LogP contribution in [0.3, 0.4) is 0 Å². The van der Waals surface area contributed by atoms with Crippen LogP contribution in [0.15, 0.2) is 54.9 Å². The van der Waals surface area contributed by atoms with Crippen molar-refractivity contribution < 1.29 is 14.4 Å². The van der Waals surface area contributed by atoms with Crippen LogP contribution in [0.4, 0.5) is 0 Å². The fourth-order valence-electron chi connectivity index (χ4n) is 3.06. The molecule has 1 N–H and O–H groups in total. The summed E-state index contributed by atoms with van der Waals surface area (Å²) in [6, 6.07) is 12.2. The lowest BCUT2D eigenvalue weighted by atomic mass is 10.0. The lowest BCUT2D eigenvalue weighted by Crippen LogP contribution is -2.55. The SMILES string of the molecule is O=CN1CCN(C(=O)C(Cc2ccccc2)NC(=O)c2cccnc2)CC1. The van der Waals surface area contributed by atoms with E-state index in [1.54, 1.807) is 28.1 Å². The number of hydrogen-bond donors (Lipinski definition) is 1. The predicted octanol–water partition coefficient (Wildman–Crippen LogP) is 0.723. The molecule has 0 saturated carbocycles. The Balaban J connectivity index is 1.74. The van der Waals surface area contributed by atoms with Gasteiger partial charge < -0.3 is 15.1 Å². The van der Waals surface area contributed by atoms with Gasteiger partial charge in [0.1, 0.15) is 6.04 Å². The van der Waals surface area contributed by atoms with Crippen molar-refractivity contribution in [1.29, 1.82) is 0 Å². The number of nitrogens with zero attached hydrogens (tertiary/aromatic N) is 3. The first-order chi connectivity index (χ1) is 13.2. The Labute approximate surface area is 158 Å². The number of aromatic nitrogens is 1. The fourth-order valence-corrected chi connectivity index (χ4v) is 3.06. The summed E-state index contributed by atoms with van der Waals surface area (Å²) in [5.41, 5.74) is 1.38. The molecule has 0 radical (unpaired) electrons. The van der Waals surface area contributed by atoms with Crippen LogP contribution in [-0.4, -0.2) is 65.2 Å². The zero-order valence-electron chi connectivity index (χ0n) is 15.0. The molecule has 27 heavy (non-hydrogen) atoms. The van der Waals surface area contributed by atoms with Crippen molar-refractivity contribution in [3.63, 3.8) is 0 Å². The third-order valence-corrected chi connectivity index (χ3v) is 4.58. The van der Waals surface area contributed by atoms with E-state index in [-0.39, 0.29) is 11.8 Å². The van der Waals surface area contributed by atoms with Crippen molar-refractivity contribution in [3.05, 3.63) is 66.0 Å². The van der Waals surface area contributed by atoms with E-state index < -0.39 is 6.04 Å². The van der Waals surface area contributed by atoms with E-state index in [2.05, 4.69) is 10.3 Å². The van der Waals surface area contributed by atoms with E-state index in [1.165, 1.54) is 6.20 Å². The highest BCUT2D eigenvalue weighted by molar-refractivity contribution is 5.97. The van der Waals surface area contributed by atoms with Crippen LogP contribution < -0.4 is 5.32 Å². The van der Waals surface area contributed by atoms with Crippen LogP contribution in [0.1, 0.15) is 15.9 Å². The van der Waals surface area contributed by atoms with E-state index in [0.29, 0.717) is 38.2 Å². The van der Waals surface area contributed by atoms with Gasteiger partial charge in [-0.15, -0.1) is 0 Å². The van der Waals surface area contributed by atoms with Crippen LogP contribution in [0.2, 0.25) is 0 Å². The highest BCUT2D eigenvalue weighted by Gasteiger charge is 2.28. The van der Waals surface area contributed by atoms with Gasteiger partial charge in [-0.2, -0.15) is 0 Å². The molecule has 0 aliphatic carbocycles. The molecule has 1 aliphatic rings. The number of rotatable bonds is 6. The van der Waals surface area contributed by atoms with Gasteiger partial charge in [0.2, 0.25) is 12.3 Å². The Hall–Kier alpha value is -3.22.